The number of fused-ring (bicyclic) bond motifs is 1. The van der Waals surface area contributed by atoms with Crippen molar-refractivity contribution in [2.75, 3.05) is 11.1 Å². The second-order valence-electron chi connectivity index (χ2n) is 6.11. The second-order valence-corrected chi connectivity index (χ2v) is 6.11. The molecule has 0 radical (unpaired) electrons. The Morgan fingerprint density at radius 1 is 1.07 bits per heavy atom. The van der Waals surface area contributed by atoms with Crippen LogP contribution in [0, 0.1) is 11.2 Å². The van der Waals surface area contributed by atoms with Crippen LogP contribution in [0.2, 0.25) is 0 Å². The summed E-state index contributed by atoms with van der Waals surface area (Å²) in [5, 5.41) is 11.5. The van der Waals surface area contributed by atoms with Crippen molar-refractivity contribution in [3.05, 3.63) is 71.9 Å². The van der Waals surface area contributed by atoms with Crippen molar-refractivity contribution in [3.63, 3.8) is 0 Å². The number of hydrogen-bond donors (Lipinski definition) is 3. The number of nitrogens with one attached hydrogen (secondary N) is 2. The van der Waals surface area contributed by atoms with Gasteiger partial charge < -0.3 is 16.5 Å². The van der Waals surface area contributed by atoms with E-state index in [4.69, 9.17) is 11.1 Å². The molecule has 2 heterocycles. The van der Waals surface area contributed by atoms with Crippen LogP contribution >= 0.6 is 0 Å². The standard InChI is InChI=1S/C20H16FN7/c21-15-4-1-12(2-5-15)9-24-20-25-10-14-7-13(3-6-17(14)28-20)18-16(8-22)19(23)27-11-26-18/h1-8,10-11,22H,9H2,(H2,23,26,27)(H,24,25,28). The van der Waals surface area contributed by atoms with Crippen LogP contribution in [0.4, 0.5) is 16.2 Å². The minimum atomic E-state index is -0.266. The highest BCUT2D eigenvalue weighted by Gasteiger charge is 2.10. The predicted octanol–water partition coefficient (Wildman–Crippen LogP) is 3.42. The Kier molecular flexibility index (Phi) is 4.59. The van der Waals surface area contributed by atoms with E-state index in [-0.39, 0.29) is 11.6 Å². The summed E-state index contributed by atoms with van der Waals surface area (Å²) >= 11 is 0. The third-order valence-corrected chi connectivity index (χ3v) is 4.28. The molecule has 0 saturated carbocycles. The lowest BCUT2D eigenvalue weighted by Crippen LogP contribution is -2.04. The largest absolute Gasteiger partial charge is 0.383 e. The maximum Gasteiger partial charge on any atom is 0.223 e. The minimum absolute atomic E-state index is 0.261. The van der Waals surface area contributed by atoms with E-state index < -0.39 is 0 Å². The van der Waals surface area contributed by atoms with Crippen molar-refractivity contribution < 1.29 is 4.39 Å². The molecular weight excluding hydrogens is 357 g/mol. The Balaban J connectivity index is 1.60. The zero-order valence-corrected chi connectivity index (χ0v) is 14.7. The number of benzene rings is 2. The molecule has 0 amide bonds. The lowest BCUT2D eigenvalue weighted by atomic mass is 10.1. The average Bonchev–Trinajstić information content (AvgIpc) is 2.72. The first kappa shape index (κ1) is 17.5. The van der Waals surface area contributed by atoms with E-state index in [0.717, 1.165) is 28.2 Å². The first-order valence-electron chi connectivity index (χ1n) is 8.50. The first-order valence-corrected chi connectivity index (χ1v) is 8.50. The van der Waals surface area contributed by atoms with E-state index >= 15 is 0 Å². The van der Waals surface area contributed by atoms with Gasteiger partial charge in [-0.2, -0.15) is 0 Å². The van der Waals surface area contributed by atoms with Crippen molar-refractivity contribution in [2.45, 2.75) is 6.54 Å². The quantitative estimate of drug-likeness (QED) is 0.462. The van der Waals surface area contributed by atoms with Gasteiger partial charge in [0.2, 0.25) is 5.95 Å². The smallest absolute Gasteiger partial charge is 0.223 e. The number of nitrogen functional groups attached to an aromatic ring is 1. The number of nitrogens with two attached hydrogens (primary N) is 1. The summed E-state index contributed by atoms with van der Waals surface area (Å²) in [6.07, 6.45) is 4.24. The van der Waals surface area contributed by atoms with Gasteiger partial charge in [0, 0.05) is 29.9 Å². The lowest BCUT2D eigenvalue weighted by Gasteiger charge is -2.09. The van der Waals surface area contributed by atoms with Gasteiger partial charge in [-0.15, -0.1) is 0 Å². The van der Waals surface area contributed by atoms with E-state index in [0.29, 0.717) is 23.8 Å². The van der Waals surface area contributed by atoms with Crippen LogP contribution in [0.1, 0.15) is 11.1 Å². The van der Waals surface area contributed by atoms with E-state index in [9.17, 15) is 4.39 Å². The third kappa shape index (κ3) is 3.48. The highest BCUT2D eigenvalue weighted by molar-refractivity contribution is 5.94. The Morgan fingerprint density at radius 3 is 2.68 bits per heavy atom. The number of hydrogen-bond acceptors (Lipinski definition) is 7. The van der Waals surface area contributed by atoms with Crippen molar-refractivity contribution in [2.24, 2.45) is 0 Å². The molecule has 0 fully saturated rings. The lowest BCUT2D eigenvalue weighted by molar-refractivity contribution is 0.627. The summed E-state index contributed by atoms with van der Waals surface area (Å²) in [5.41, 5.74) is 9.39. The number of nitrogens with zero attached hydrogens (tertiary/aromatic N) is 4. The van der Waals surface area contributed by atoms with Gasteiger partial charge in [-0.05, 0) is 29.8 Å². The molecule has 138 valence electrons. The maximum absolute atomic E-state index is 13.0. The number of rotatable bonds is 5. The highest BCUT2D eigenvalue weighted by atomic mass is 19.1. The monoisotopic (exact) mass is 373 g/mol. The summed E-state index contributed by atoms with van der Waals surface area (Å²) in [7, 11) is 0. The van der Waals surface area contributed by atoms with Gasteiger partial charge in [0.05, 0.1) is 16.8 Å². The molecule has 4 N–H and O–H groups in total. The topological polar surface area (TPSA) is 113 Å². The molecule has 0 aliphatic rings. The van der Waals surface area contributed by atoms with Crippen LogP contribution in [-0.4, -0.2) is 26.2 Å². The van der Waals surface area contributed by atoms with Crippen LogP contribution < -0.4 is 11.1 Å². The number of halogens is 1. The molecule has 0 bridgehead atoms. The van der Waals surface area contributed by atoms with Gasteiger partial charge in [0.25, 0.3) is 0 Å². The molecule has 0 atom stereocenters. The zero-order valence-electron chi connectivity index (χ0n) is 14.7. The fourth-order valence-electron chi connectivity index (χ4n) is 2.83. The second kappa shape index (κ2) is 7.36. The fourth-order valence-corrected chi connectivity index (χ4v) is 2.83. The van der Waals surface area contributed by atoms with Crippen molar-refractivity contribution in [3.8, 4) is 11.3 Å². The molecule has 28 heavy (non-hydrogen) atoms. The Labute approximate surface area is 160 Å². The van der Waals surface area contributed by atoms with E-state index in [1.165, 1.54) is 18.5 Å². The summed E-state index contributed by atoms with van der Waals surface area (Å²) < 4.78 is 13.0. The molecule has 0 spiro atoms. The van der Waals surface area contributed by atoms with Gasteiger partial charge in [-0.1, -0.05) is 18.2 Å². The van der Waals surface area contributed by atoms with Crippen molar-refractivity contribution in [1.29, 1.82) is 5.41 Å². The number of anilines is 2. The van der Waals surface area contributed by atoms with Gasteiger partial charge >= 0.3 is 0 Å². The third-order valence-electron chi connectivity index (χ3n) is 4.28. The molecule has 0 aliphatic carbocycles. The molecule has 8 heteroatoms. The molecule has 2 aromatic heterocycles. The fraction of sp³-hybridized carbons (Fsp3) is 0.0500. The minimum Gasteiger partial charge on any atom is -0.383 e. The van der Waals surface area contributed by atoms with E-state index in [1.807, 2.05) is 18.2 Å². The van der Waals surface area contributed by atoms with Crippen LogP contribution in [0.15, 0.2) is 55.0 Å². The Hall–Kier alpha value is -3.94. The SMILES string of the molecule is N=Cc1c(N)ncnc1-c1ccc2nc(NCc3ccc(F)cc3)ncc2c1. The Morgan fingerprint density at radius 2 is 1.89 bits per heavy atom. The summed E-state index contributed by atoms with van der Waals surface area (Å²) in [6.45, 7) is 0.493. The molecule has 4 rings (SSSR count). The van der Waals surface area contributed by atoms with Gasteiger partial charge in [-0.3, -0.25) is 0 Å². The van der Waals surface area contributed by atoms with Gasteiger partial charge in [-0.25, -0.2) is 24.3 Å². The molecule has 2 aromatic carbocycles. The molecule has 7 nitrogen and oxygen atoms in total. The van der Waals surface area contributed by atoms with Crippen LogP contribution in [0.5, 0.6) is 0 Å². The number of aromatic nitrogens is 4. The molecule has 0 aliphatic heterocycles. The maximum atomic E-state index is 13.0. The van der Waals surface area contributed by atoms with Crippen LogP contribution in [0.3, 0.4) is 0 Å². The van der Waals surface area contributed by atoms with Gasteiger partial charge in [0.1, 0.15) is 18.0 Å². The summed E-state index contributed by atoms with van der Waals surface area (Å²) in [4.78, 5) is 17.0. The highest BCUT2D eigenvalue weighted by Crippen LogP contribution is 2.26. The first-order chi connectivity index (χ1) is 13.6. The molecule has 0 saturated heterocycles. The normalized spacial score (nSPS) is 10.8. The average molecular weight is 373 g/mol. The molecular formula is C20H16FN7. The predicted molar refractivity (Wildman–Crippen MR) is 107 cm³/mol. The summed E-state index contributed by atoms with van der Waals surface area (Å²) in [5.74, 6) is 0.478. The molecule has 0 unspecified atom stereocenters. The Bertz CT molecular complexity index is 1160. The summed E-state index contributed by atoms with van der Waals surface area (Å²) in [6, 6.07) is 11.9. The van der Waals surface area contributed by atoms with Crippen molar-refractivity contribution >= 4 is 28.9 Å². The van der Waals surface area contributed by atoms with Crippen LogP contribution in [0.25, 0.3) is 22.2 Å². The van der Waals surface area contributed by atoms with E-state index in [1.54, 1.807) is 18.3 Å². The van der Waals surface area contributed by atoms with E-state index in [2.05, 4.69) is 25.3 Å². The van der Waals surface area contributed by atoms with Gasteiger partial charge in [0.15, 0.2) is 0 Å². The molecule has 4 aromatic rings. The zero-order chi connectivity index (χ0) is 19.5. The van der Waals surface area contributed by atoms with Crippen LogP contribution in [-0.2, 0) is 6.54 Å². The van der Waals surface area contributed by atoms with Crippen molar-refractivity contribution in [1.82, 2.24) is 19.9 Å².